The fourth-order valence-corrected chi connectivity index (χ4v) is 9.19. The van der Waals surface area contributed by atoms with E-state index in [1.807, 2.05) is 77.9 Å². The Hall–Kier alpha value is -6.05. The average molecular weight is 1040 g/mol. The molecule has 0 unspecified atom stereocenters. The van der Waals surface area contributed by atoms with Gasteiger partial charge in [-0.25, -0.2) is 9.59 Å². The van der Waals surface area contributed by atoms with E-state index < -0.39 is 12.2 Å². The highest BCUT2D eigenvalue weighted by atomic mass is 127. The number of fused-ring (bicyclic) bond motifs is 2. The topological polar surface area (TPSA) is 105 Å². The van der Waals surface area contributed by atoms with Crippen LogP contribution in [0.25, 0.3) is 44.3 Å². The Balaban J connectivity index is 0.000000170. The summed E-state index contributed by atoms with van der Waals surface area (Å²) >= 11 is 2.45. The monoisotopic (exact) mass is 1040 g/mol. The molecule has 4 aliphatic rings. The molecule has 2 amide bonds. The first-order chi connectivity index (χ1) is 33.4. The lowest BCUT2D eigenvalue weighted by Crippen LogP contribution is -2.17. The largest absolute Gasteiger partial charge is 0.494 e. The van der Waals surface area contributed by atoms with Crippen molar-refractivity contribution in [3.05, 3.63) is 94.1 Å². The van der Waals surface area contributed by atoms with Gasteiger partial charge in [-0.3, -0.25) is 10.6 Å². The number of anilines is 2. The van der Waals surface area contributed by atoms with Crippen molar-refractivity contribution >= 4 is 68.0 Å². The van der Waals surface area contributed by atoms with Crippen molar-refractivity contribution in [2.45, 2.75) is 118 Å². The van der Waals surface area contributed by atoms with Crippen LogP contribution < -0.4 is 20.1 Å². The Bertz CT molecular complexity index is 2860. The van der Waals surface area contributed by atoms with Gasteiger partial charge in [0.25, 0.3) is 0 Å². The summed E-state index contributed by atoms with van der Waals surface area (Å²) in [6, 6.07) is 28.7. The Morgan fingerprint density at radius 3 is 1.51 bits per heavy atom. The number of halogens is 1. The molecule has 10 rings (SSSR count). The van der Waals surface area contributed by atoms with E-state index in [4.69, 9.17) is 25.4 Å². The van der Waals surface area contributed by atoms with Gasteiger partial charge in [0.1, 0.15) is 11.5 Å². The number of nitrogens with one attached hydrogen (secondary N) is 2. The van der Waals surface area contributed by atoms with Crippen LogP contribution in [0.2, 0.25) is 0 Å². The first-order valence-corrected chi connectivity index (χ1v) is 25.9. The summed E-state index contributed by atoms with van der Waals surface area (Å²) in [6.45, 7) is 14.7. The van der Waals surface area contributed by atoms with Crippen LogP contribution in [-0.2, 0) is 22.6 Å². The molecule has 2 N–H and O–H groups in total. The summed E-state index contributed by atoms with van der Waals surface area (Å²) in [6.07, 6.45) is 13.9. The Morgan fingerprint density at radius 2 is 1.09 bits per heavy atom. The summed E-state index contributed by atoms with van der Waals surface area (Å²) in [4.78, 5) is 23.9. The first-order valence-electron chi connectivity index (χ1n) is 24.8. The smallest absolute Gasteiger partial charge is 0.411 e. The van der Waals surface area contributed by atoms with E-state index in [1.165, 1.54) is 82.4 Å². The number of hydrogen-bond donors (Lipinski definition) is 2. The SMILES string of the molecule is C#CC1CC1.CCOc1ccc2c(C#CC3CC3)c(-c3ccc(NC(=O)OC(C)C)cc3)n(CC3CC3)c2c1.CCOc1ccc2c(I)c(-c3ccc(NC(=O)OC(C)C)cc3)n(CC3CC3)c2c1. The number of ether oxygens (including phenoxy) is 4. The number of carbonyl (C=O) groups is 2. The maximum atomic E-state index is 12.0. The van der Waals surface area contributed by atoms with Crippen molar-refractivity contribution in [2.24, 2.45) is 23.7 Å². The molecule has 0 radical (unpaired) electrons. The molecule has 2 aromatic heterocycles. The summed E-state index contributed by atoms with van der Waals surface area (Å²) in [5.74, 6) is 14.1. The van der Waals surface area contributed by atoms with Gasteiger partial charge in [-0.15, -0.1) is 12.3 Å². The highest BCUT2D eigenvalue weighted by Crippen LogP contribution is 2.42. The predicted molar refractivity (Wildman–Crippen MR) is 287 cm³/mol. The molecule has 4 saturated carbocycles. The minimum absolute atomic E-state index is 0.148. The zero-order valence-corrected chi connectivity index (χ0v) is 43.0. The molecule has 10 nitrogen and oxygen atoms in total. The highest BCUT2D eigenvalue weighted by Gasteiger charge is 2.28. The Morgan fingerprint density at radius 1 is 0.638 bits per heavy atom. The number of nitrogens with zero attached hydrogens (tertiary/aromatic N) is 2. The number of aromatic nitrogens is 2. The third-order valence-electron chi connectivity index (χ3n) is 12.2. The summed E-state index contributed by atoms with van der Waals surface area (Å²) in [7, 11) is 0. The van der Waals surface area contributed by atoms with Crippen LogP contribution in [0.15, 0.2) is 84.9 Å². The Kier molecular flexibility index (Phi) is 16.2. The number of terminal acetylenes is 1. The lowest BCUT2D eigenvalue weighted by molar-refractivity contribution is 0.129. The molecule has 360 valence electrons. The molecule has 6 aromatic rings. The first kappa shape index (κ1) is 49.4. The van der Waals surface area contributed by atoms with Crippen LogP contribution in [0.4, 0.5) is 21.0 Å². The maximum Gasteiger partial charge on any atom is 0.411 e. The van der Waals surface area contributed by atoms with Gasteiger partial charge in [0.05, 0.1) is 53.4 Å². The van der Waals surface area contributed by atoms with E-state index in [0.29, 0.717) is 36.7 Å². The van der Waals surface area contributed by atoms with Gasteiger partial charge in [0.15, 0.2) is 0 Å². The molecular formula is C58H65IN4O6. The van der Waals surface area contributed by atoms with E-state index in [-0.39, 0.29) is 12.2 Å². The summed E-state index contributed by atoms with van der Waals surface area (Å²) in [5.41, 5.74) is 9.53. The van der Waals surface area contributed by atoms with Crippen molar-refractivity contribution in [1.82, 2.24) is 9.13 Å². The second kappa shape index (κ2) is 22.6. The number of hydrogen-bond acceptors (Lipinski definition) is 6. The number of rotatable bonds is 14. The van der Waals surface area contributed by atoms with E-state index in [1.54, 1.807) is 0 Å². The van der Waals surface area contributed by atoms with Crippen LogP contribution in [-0.4, -0.2) is 46.7 Å². The third kappa shape index (κ3) is 13.4. The predicted octanol–water partition coefficient (Wildman–Crippen LogP) is 14.5. The molecule has 0 bridgehead atoms. The number of carbonyl (C=O) groups excluding carboxylic acids is 2. The highest BCUT2D eigenvalue weighted by molar-refractivity contribution is 14.1. The zero-order valence-electron chi connectivity index (χ0n) is 40.8. The molecular weight excluding hydrogens is 976 g/mol. The maximum absolute atomic E-state index is 12.0. The van der Waals surface area contributed by atoms with E-state index in [9.17, 15) is 9.59 Å². The standard InChI is InChI=1S/C29H32N2O3.C24H27IN2O3.C5H6/c1-4-33-24-14-16-25-26(15-9-20-5-6-20)28(31(27(25)17-24)18-21-7-8-21)22-10-12-23(13-11-22)30-29(32)34-19(2)3;1-4-29-19-11-12-20-21(13-19)27(14-16-5-6-16)23(22(20)25)17-7-9-18(10-8-17)26-24(28)30-15(2)3;1-2-5-3-4-5/h10-14,16-17,19-21H,4-8,18H2,1-3H3,(H,30,32);7-13,15-16H,4-6,14H2,1-3H3,(H,26,28);1,5H,3-4H2. The van der Waals surface area contributed by atoms with Gasteiger partial charge < -0.3 is 28.1 Å². The molecule has 0 atom stereocenters. The van der Waals surface area contributed by atoms with Crippen molar-refractivity contribution < 1.29 is 28.5 Å². The van der Waals surface area contributed by atoms with Crippen LogP contribution in [0, 0.1) is 51.4 Å². The second-order valence-corrected chi connectivity index (χ2v) is 20.1. The molecule has 0 spiro atoms. The summed E-state index contributed by atoms with van der Waals surface area (Å²) in [5, 5.41) is 8.02. The molecule has 4 fully saturated rings. The van der Waals surface area contributed by atoms with Crippen molar-refractivity contribution in [3.8, 4) is 58.2 Å². The van der Waals surface area contributed by atoms with Gasteiger partial charge in [0.2, 0.25) is 0 Å². The molecule has 11 heteroatoms. The lowest BCUT2D eigenvalue weighted by atomic mass is 10.0. The minimum atomic E-state index is -0.440. The van der Waals surface area contributed by atoms with Gasteiger partial charge in [-0.05, 0) is 187 Å². The molecule has 4 aliphatic carbocycles. The van der Waals surface area contributed by atoms with Gasteiger partial charge in [-0.2, -0.15) is 0 Å². The van der Waals surface area contributed by atoms with Crippen LogP contribution in [0.5, 0.6) is 11.5 Å². The molecule has 2 heterocycles. The Labute approximate surface area is 421 Å². The average Bonchev–Trinajstić information content (AvgIpc) is 4.10. The molecule has 0 saturated heterocycles. The third-order valence-corrected chi connectivity index (χ3v) is 13.3. The quantitative estimate of drug-likeness (QED) is 0.0832. The lowest BCUT2D eigenvalue weighted by Gasteiger charge is -2.13. The molecule has 69 heavy (non-hydrogen) atoms. The van der Waals surface area contributed by atoms with Gasteiger partial charge in [-0.1, -0.05) is 36.1 Å². The van der Waals surface area contributed by atoms with Gasteiger partial charge in [0, 0.05) is 62.8 Å². The van der Waals surface area contributed by atoms with Gasteiger partial charge >= 0.3 is 12.2 Å². The van der Waals surface area contributed by atoms with Crippen LogP contribution in [0.3, 0.4) is 0 Å². The fraction of sp³-hybridized carbons (Fsp3) is 0.414. The van der Waals surface area contributed by atoms with Crippen molar-refractivity contribution in [3.63, 3.8) is 0 Å². The normalized spacial score (nSPS) is 15.0. The van der Waals surface area contributed by atoms with Crippen molar-refractivity contribution in [1.29, 1.82) is 0 Å². The summed E-state index contributed by atoms with van der Waals surface area (Å²) < 4.78 is 28.1. The van der Waals surface area contributed by atoms with Crippen LogP contribution in [0.1, 0.15) is 98.5 Å². The minimum Gasteiger partial charge on any atom is -0.494 e. The number of benzene rings is 4. The molecule has 4 aromatic carbocycles. The van der Waals surface area contributed by atoms with E-state index in [2.05, 4.69) is 109 Å². The molecule has 0 aliphatic heterocycles. The number of amides is 2. The van der Waals surface area contributed by atoms with Crippen LogP contribution >= 0.6 is 22.6 Å². The zero-order chi connectivity index (χ0) is 48.6. The fourth-order valence-electron chi connectivity index (χ4n) is 8.13. The van der Waals surface area contributed by atoms with E-state index in [0.717, 1.165) is 58.6 Å². The van der Waals surface area contributed by atoms with E-state index >= 15 is 0 Å². The van der Waals surface area contributed by atoms with Crippen molar-refractivity contribution in [2.75, 3.05) is 23.8 Å². The second-order valence-electron chi connectivity index (χ2n) is 19.0.